The molecule has 8 heteroatoms. The number of pyridine rings is 1. The highest BCUT2D eigenvalue weighted by molar-refractivity contribution is 5.92. The van der Waals surface area contributed by atoms with E-state index in [-0.39, 0.29) is 17.0 Å². The Bertz CT molecular complexity index is 459. The van der Waals surface area contributed by atoms with Crippen LogP contribution in [-0.4, -0.2) is 31.5 Å². The van der Waals surface area contributed by atoms with E-state index in [4.69, 9.17) is 4.74 Å². The van der Waals surface area contributed by atoms with E-state index in [0.29, 0.717) is 0 Å². The van der Waals surface area contributed by atoms with Crippen molar-refractivity contribution in [3.05, 3.63) is 17.2 Å². The summed E-state index contributed by atoms with van der Waals surface area (Å²) in [5.74, 6) is -1.74. The van der Waals surface area contributed by atoms with Gasteiger partial charge in [0.2, 0.25) is 11.8 Å². The van der Waals surface area contributed by atoms with Crippen LogP contribution in [0, 0.1) is 6.92 Å². The number of ether oxygens (including phenoxy) is 3. The Kier molecular flexibility index (Phi) is 4.00. The third-order valence-corrected chi connectivity index (χ3v) is 1.94. The van der Waals surface area contributed by atoms with E-state index in [2.05, 4.69) is 14.5 Å². The molecule has 0 N–H and O–H groups in total. The Morgan fingerprint density at radius 1 is 1.28 bits per heavy atom. The predicted molar refractivity (Wildman–Crippen MR) is 53.5 cm³/mol. The predicted octanol–water partition coefficient (Wildman–Crippen LogP) is 2.08. The molecule has 1 aromatic rings. The van der Waals surface area contributed by atoms with Gasteiger partial charge in [-0.05, 0) is 13.0 Å². The molecule has 0 amide bonds. The fourth-order valence-corrected chi connectivity index (χ4v) is 1.21. The number of nitrogens with zero attached hydrogens (tertiary/aromatic N) is 1. The quantitative estimate of drug-likeness (QED) is 0.783. The van der Waals surface area contributed by atoms with Crippen molar-refractivity contribution >= 4 is 5.97 Å². The SMILES string of the molecule is COC(=O)c1cc(C)c(OC(F)(F)F)nc1OC. The number of halogens is 3. The van der Waals surface area contributed by atoms with Gasteiger partial charge in [-0.1, -0.05) is 0 Å². The molecule has 0 saturated heterocycles. The van der Waals surface area contributed by atoms with Crippen molar-refractivity contribution in [2.45, 2.75) is 13.3 Å². The average Bonchev–Trinajstić information content (AvgIpc) is 2.28. The van der Waals surface area contributed by atoms with Gasteiger partial charge in [-0.15, -0.1) is 13.2 Å². The van der Waals surface area contributed by atoms with Gasteiger partial charge in [0, 0.05) is 5.56 Å². The molecule has 0 aliphatic carbocycles. The van der Waals surface area contributed by atoms with Crippen LogP contribution in [0.5, 0.6) is 11.8 Å². The summed E-state index contributed by atoms with van der Waals surface area (Å²) in [6.07, 6.45) is -4.87. The summed E-state index contributed by atoms with van der Waals surface area (Å²) >= 11 is 0. The number of aryl methyl sites for hydroxylation is 1. The molecule has 1 aromatic heterocycles. The largest absolute Gasteiger partial charge is 0.574 e. The third-order valence-electron chi connectivity index (χ3n) is 1.94. The van der Waals surface area contributed by atoms with Crippen LogP contribution in [0.25, 0.3) is 0 Å². The summed E-state index contributed by atoms with van der Waals surface area (Å²) in [5.41, 5.74) is -0.0412. The molecule has 1 rings (SSSR count). The molecule has 0 aromatic carbocycles. The maximum Gasteiger partial charge on any atom is 0.574 e. The highest BCUT2D eigenvalue weighted by atomic mass is 19.4. The van der Waals surface area contributed by atoms with Crippen molar-refractivity contribution in [1.29, 1.82) is 0 Å². The molecule has 0 saturated carbocycles. The molecule has 0 aliphatic rings. The molecule has 0 unspecified atom stereocenters. The minimum atomic E-state index is -4.87. The van der Waals surface area contributed by atoms with Crippen LogP contribution >= 0.6 is 0 Å². The Morgan fingerprint density at radius 3 is 2.33 bits per heavy atom. The smallest absolute Gasteiger partial charge is 0.480 e. The minimum absolute atomic E-state index is 0.0357. The first-order chi connectivity index (χ1) is 8.28. The van der Waals surface area contributed by atoms with Gasteiger partial charge in [0.1, 0.15) is 5.56 Å². The van der Waals surface area contributed by atoms with E-state index in [9.17, 15) is 18.0 Å². The normalized spacial score (nSPS) is 11.0. The molecule has 18 heavy (non-hydrogen) atoms. The Labute approximate surface area is 100 Å². The number of carbonyl (C=O) groups is 1. The van der Waals surface area contributed by atoms with Crippen LogP contribution in [-0.2, 0) is 4.74 Å². The molecule has 0 atom stereocenters. The molecule has 100 valence electrons. The highest BCUT2D eigenvalue weighted by Gasteiger charge is 2.33. The molecule has 0 spiro atoms. The fraction of sp³-hybridized carbons (Fsp3) is 0.400. The lowest BCUT2D eigenvalue weighted by Crippen LogP contribution is -2.19. The zero-order valence-corrected chi connectivity index (χ0v) is 9.79. The van der Waals surface area contributed by atoms with E-state index >= 15 is 0 Å². The summed E-state index contributed by atoms with van der Waals surface area (Å²) in [5, 5.41) is 0. The lowest BCUT2D eigenvalue weighted by molar-refractivity contribution is -0.276. The molecular weight excluding hydrogens is 255 g/mol. The second-order valence-corrected chi connectivity index (χ2v) is 3.21. The zero-order valence-electron chi connectivity index (χ0n) is 9.79. The number of methoxy groups -OCH3 is 2. The number of rotatable bonds is 3. The van der Waals surface area contributed by atoms with Crippen molar-refractivity contribution in [2.24, 2.45) is 0 Å². The number of hydrogen-bond donors (Lipinski definition) is 0. The van der Waals surface area contributed by atoms with Gasteiger partial charge in [-0.25, -0.2) is 4.79 Å². The zero-order chi connectivity index (χ0) is 13.9. The fourth-order valence-electron chi connectivity index (χ4n) is 1.21. The Hall–Kier alpha value is -1.99. The van der Waals surface area contributed by atoms with Crippen molar-refractivity contribution in [2.75, 3.05) is 14.2 Å². The summed E-state index contributed by atoms with van der Waals surface area (Å²) in [7, 11) is 2.30. The molecular formula is C10H10F3NO4. The number of hydrogen-bond acceptors (Lipinski definition) is 5. The van der Waals surface area contributed by atoms with Gasteiger partial charge in [-0.3, -0.25) is 0 Å². The summed E-state index contributed by atoms with van der Waals surface area (Å²) < 4.78 is 49.1. The molecule has 0 fully saturated rings. The van der Waals surface area contributed by atoms with E-state index in [1.165, 1.54) is 14.0 Å². The molecule has 0 radical (unpaired) electrons. The molecule has 0 aliphatic heterocycles. The van der Waals surface area contributed by atoms with Crippen molar-refractivity contribution in [1.82, 2.24) is 4.98 Å². The number of carbonyl (C=O) groups excluding carboxylic acids is 1. The highest BCUT2D eigenvalue weighted by Crippen LogP contribution is 2.29. The minimum Gasteiger partial charge on any atom is -0.480 e. The first kappa shape index (κ1) is 14.1. The standard InChI is InChI=1S/C10H10F3NO4/c1-5-4-6(9(15)17-3)8(16-2)14-7(5)18-10(11,12)13/h4H,1-3H3. The van der Waals surface area contributed by atoms with Crippen molar-refractivity contribution in [3.8, 4) is 11.8 Å². The lowest BCUT2D eigenvalue weighted by Gasteiger charge is -2.13. The van der Waals surface area contributed by atoms with Crippen LogP contribution in [0.15, 0.2) is 6.07 Å². The van der Waals surface area contributed by atoms with Crippen LogP contribution < -0.4 is 9.47 Å². The molecule has 1 heterocycles. The van der Waals surface area contributed by atoms with Gasteiger partial charge >= 0.3 is 12.3 Å². The average molecular weight is 265 g/mol. The van der Waals surface area contributed by atoms with E-state index < -0.39 is 18.2 Å². The van der Waals surface area contributed by atoms with Crippen molar-refractivity contribution < 1.29 is 32.2 Å². The Balaban J connectivity index is 3.22. The summed E-state index contributed by atoms with van der Waals surface area (Å²) in [4.78, 5) is 14.8. The van der Waals surface area contributed by atoms with E-state index in [1.54, 1.807) is 0 Å². The van der Waals surface area contributed by atoms with Gasteiger partial charge in [0.05, 0.1) is 14.2 Å². The van der Waals surface area contributed by atoms with Gasteiger partial charge in [0.25, 0.3) is 0 Å². The number of aromatic nitrogens is 1. The van der Waals surface area contributed by atoms with Crippen LogP contribution in [0.3, 0.4) is 0 Å². The third kappa shape index (κ3) is 3.25. The topological polar surface area (TPSA) is 57.7 Å². The van der Waals surface area contributed by atoms with E-state index in [0.717, 1.165) is 13.2 Å². The Morgan fingerprint density at radius 2 is 1.89 bits per heavy atom. The maximum atomic E-state index is 12.1. The summed E-state index contributed by atoms with van der Waals surface area (Å²) in [6, 6.07) is 1.15. The first-order valence-corrected chi connectivity index (χ1v) is 4.68. The maximum absolute atomic E-state index is 12.1. The van der Waals surface area contributed by atoms with Gasteiger partial charge in [0.15, 0.2) is 0 Å². The number of alkyl halides is 3. The first-order valence-electron chi connectivity index (χ1n) is 4.68. The molecule has 5 nitrogen and oxygen atoms in total. The second kappa shape index (κ2) is 5.11. The monoisotopic (exact) mass is 265 g/mol. The lowest BCUT2D eigenvalue weighted by atomic mass is 10.2. The van der Waals surface area contributed by atoms with Crippen molar-refractivity contribution in [3.63, 3.8) is 0 Å². The summed E-state index contributed by atoms with van der Waals surface area (Å²) in [6.45, 7) is 1.32. The van der Waals surface area contributed by atoms with Crippen LogP contribution in [0.4, 0.5) is 13.2 Å². The van der Waals surface area contributed by atoms with Gasteiger partial charge in [-0.2, -0.15) is 4.98 Å². The van der Waals surface area contributed by atoms with E-state index in [1.807, 2.05) is 0 Å². The number of esters is 1. The van der Waals surface area contributed by atoms with Crippen LogP contribution in [0.1, 0.15) is 15.9 Å². The van der Waals surface area contributed by atoms with Gasteiger partial charge < -0.3 is 14.2 Å². The van der Waals surface area contributed by atoms with Crippen LogP contribution in [0.2, 0.25) is 0 Å². The molecule has 0 bridgehead atoms. The second-order valence-electron chi connectivity index (χ2n) is 3.21.